The first-order valence-corrected chi connectivity index (χ1v) is 8.99. The maximum absolute atomic E-state index is 12.7. The molecule has 3 heterocycles. The van der Waals surface area contributed by atoms with E-state index in [0.717, 1.165) is 0 Å². The van der Waals surface area contributed by atoms with Crippen LogP contribution in [0.15, 0.2) is 24.4 Å². The molecule has 2 amide bonds. The third-order valence-electron chi connectivity index (χ3n) is 4.32. The molecular formula is C18H23N7O4. The first kappa shape index (κ1) is 20.3. The predicted molar refractivity (Wildman–Crippen MR) is 106 cm³/mol. The average Bonchev–Trinajstić information content (AvgIpc) is 2.73. The van der Waals surface area contributed by atoms with E-state index in [4.69, 9.17) is 15.2 Å². The molecule has 11 heteroatoms. The van der Waals surface area contributed by atoms with Crippen LogP contribution in [0.2, 0.25) is 0 Å². The summed E-state index contributed by atoms with van der Waals surface area (Å²) in [7, 11) is 3.11. The van der Waals surface area contributed by atoms with Crippen LogP contribution in [0.5, 0.6) is 5.88 Å². The summed E-state index contributed by atoms with van der Waals surface area (Å²) in [4.78, 5) is 40.4. The molecular weight excluding hydrogens is 378 g/mol. The van der Waals surface area contributed by atoms with Gasteiger partial charge in [0.1, 0.15) is 18.1 Å². The highest BCUT2D eigenvalue weighted by Crippen LogP contribution is 2.23. The zero-order valence-electron chi connectivity index (χ0n) is 16.3. The fraction of sp³-hybridized carbons (Fsp3) is 0.389. The van der Waals surface area contributed by atoms with E-state index < -0.39 is 5.91 Å². The number of primary amides is 1. The summed E-state index contributed by atoms with van der Waals surface area (Å²) in [5, 5.41) is 3.05. The van der Waals surface area contributed by atoms with Gasteiger partial charge in [-0.15, -0.1) is 0 Å². The molecule has 1 saturated heterocycles. The molecule has 0 unspecified atom stereocenters. The number of hydrogen-bond acceptors (Lipinski definition) is 9. The summed E-state index contributed by atoms with van der Waals surface area (Å²) < 4.78 is 10.1. The Labute approximate surface area is 167 Å². The number of hydrogen-bond donors (Lipinski definition) is 2. The van der Waals surface area contributed by atoms with Gasteiger partial charge in [-0.1, -0.05) is 0 Å². The van der Waals surface area contributed by atoms with E-state index in [1.807, 2.05) is 0 Å². The fourth-order valence-electron chi connectivity index (χ4n) is 2.87. The first-order valence-electron chi connectivity index (χ1n) is 8.99. The zero-order valence-corrected chi connectivity index (χ0v) is 16.3. The van der Waals surface area contributed by atoms with E-state index in [0.29, 0.717) is 43.6 Å². The Hall–Kier alpha value is -3.47. The number of amides is 2. The van der Waals surface area contributed by atoms with Crippen molar-refractivity contribution < 1.29 is 19.1 Å². The van der Waals surface area contributed by atoms with Crippen molar-refractivity contribution in [2.24, 2.45) is 5.73 Å². The van der Waals surface area contributed by atoms with Gasteiger partial charge in [-0.3, -0.25) is 9.59 Å². The quantitative estimate of drug-likeness (QED) is 0.581. The van der Waals surface area contributed by atoms with E-state index in [2.05, 4.69) is 20.3 Å². The van der Waals surface area contributed by atoms with Crippen LogP contribution in [-0.4, -0.2) is 73.8 Å². The van der Waals surface area contributed by atoms with Crippen LogP contribution < -0.4 is 25.6 Å². The smallest absolute Gasteiger partial charge is 0.267 e. The Morgan fingerprint density at radius 3 is 2.79 bits per heavy atom. The van der Waals surface area contributed by atoms with Gasteiger partial charge >= 0.3 is 0 Å². The predicted octanol–water partition coefficient (Wildman–Crippen LogP) is -0.109. The van der Waals surface area contributed by atoms with Crippen molar-refractivity contribution in [1.82, 2.24) is 15.0 Å². The summed E-state index contributed by atoms with van der Waals surface area (Å²) >= 11 is 0. The number of nitrogens with zero attached hydrogens (tertiary/aromatic N) is 5. The molecule has 2 aromatic rings. The average molecular weight is 401 g/mol. The molecule has 1 aliphatic rings. The molecule has 0 atom stereocenters. The molecule has 0 aromatic carbocycles. The van der Waals surface area contributed by atoms with E-state index >= 15 is 0 Å². The van der Waals surface area contributed by atoms with Gasteiger partial charge in [0.15, 0.2) is 0 Å². The third-order valence-corrected chi connectivity index (χ3v) is 4.32. The molecule has 2 aromatic heterocycles. The van der Waals surface area contributed by atoms with Gasteiger partial charge in [-0.05, 0) is 6.07 Å². The second kappa shape index (κ2) is 9.15. The summed E-state index contributed by atoms with van der Waals surface area (Å²) in [6.45, 7) is 1.93. The van der Waals surface area contributed by atoms with Crippen molar-refractivity contribution >= 4 is 29.3 Å². The standard InChI is InChI=1S/C18H23N7O4/c1-28-8-5-20-14-10-13(17(19)27)22-18(23-14)24-6-7-25(16(26)11-24)12-3-4-21-15(9-12)29-2/h3-4,9-10H,5-8,11H2,1-2H3,(H2,19,27)(H,20,22,23). The van der Waals surface area contributed by atoms with Crippen molar-refractivity contribution in [3.8, 4) is 5.88 Å². The molecule has 0 bridgehead atoms. The molecule has 0 aliphatic carbocycles. The lowest BCUT2D eigenvalue weighted by molar-refractivity contribution is -0.117. The number of anilines is 3. The van der Waals surface area contributed by atoms with Gasteiger partial charge in [0.25, 0.3) is 5.91 Å². The summed E-state index contributed by atoms with van der Waals surface area (Å²) in [5.74, 6) is 0.335. The monoisotopic (exact) mass is 401 g/mol. The SMILES string of the molecule is COCCNc1cc(C(N)=O)nc(N2CCN(c3ccnc(OC)c3)C(=O)C2)n1. The highest BCUT2D eigenvalue weighted by atomic mass is 16.5. The lowest BCUT2D eigenvalue weighted by Gasteiger charge is -2.34. The van der Waals surface area contributed by atoms with Crippen LogP contribution in [0.1, 0.15) is 10.5 Å². The number of carbonyl (C=O) groups is 2. The molecule has 1 fully saturated rings. The maximum atomic E-state index is 12.7. The van der Waals surface area contributed by atoms with Crippen LogP contribution in [0.4, 0.5) is 17.5 Å². The Morgan fingerprint density at radius 2 is 2.10 bits per heavy atom. The van der Waals surface area contributed by atoms with Crippen molar-refractivity contribution in [2.75, 3.05) is 62.1 Å². The molecule has 3 N–H and O–H groups in total. The van der Waals surface area contributed by atoms with Crippen LogP contribution in [-0.2, 0) is 9.53 Å². The largest absolute Gasteiger partial charge is 0.481 e. The minimum atomic E-state index is -0.669. The van der Waals surface area contributed by atoms with Crippen LogP contribution in [0.3, 0.4) is 0 Å². The highest BCUT2D eigenvalue weighted by Gasteiger charge is 2.27. The second-order valence-electron chi connectivity index (χ2n) is 6.25. The fourth-order valence-corrected chi connectivity index (χ4v) is 2.87. The lowest BCUT2D eigenvalue weighted by atomic mass is 10.2. The molecule has 0 spiro atoms. The minimum absolute atomic E-state index is 0.0599. The second-order valence-corrected chi connectivity index (χ2v) is 6.25. The number of pyridine rings is 1. The van der Waals surface area contributed by atoms with Crippen molar-refractivity contribution in [3.05, 3.63) is 30.1 Å². The van der Waals surface area contributed by atoms with Crippen LogP contribution >= 0.6 is 0 Å². The van der Waals surface area contributed by atoms with E-state index in [-0.39, 0.29) is 24.1 Å². The molecule has 0 saturated carbocycles. The summed E-state index contributed by atoms with van der Waals surface area (Å²) in [6, 6.07) is 4.93. The number of nitrogens with two attached hydrogens (primary N) is 1. The van der Waals surface area contributed by atoms with Gasteiger partial charge < -0.3 is 30.3 Å². The Kier molecular flexibility index (Phi) is 6.39. The number of rotatable bonds is 8. The first-order chi connectivity index (χ1) is 14.0. The molecule has 0 radical (unpaired) electrons. The van der Waals surface area contributed by atoms with E-state index in [9.17, 15) is 9.59 Å². The van der Waals surface area contributed by atoms with E-state index in [1.165, 1.54) is 13.2 Å². The van der Waals surface area contributed by atoms with Gasteiger partial charge in [0, 0.05) is 45.1 Å². The lowest BCUT2D eigenvalue weighted by Crippen LogP contribution is -2.51. The topological polar surface area (TPSA) is 136 Å². The number of ether oxygens (including phenoxy) is 2. The van der Waals surface area contributed by atoms with Crippen molar-refractivity contribution in [2.45, 2.75) is 0 Å². The van der Waals surface area contributed by atoms with Crippen LogP contribution in [0.25, 0.3) is 0 Å². The number of nitrogens with one attached hydrogen (secondary N) is 1. The summed E-state index contributed by atoms with van der Waals surface area (Å²) in [5.41, 5.74) is 6.17. The molecule has 3 rings (SSSR count). The minimum Gasteiger partial charge on any atom is -0.481 e. The van der Waals surface area contributed by atoms with Crippen LogP contribution in [0, 0.1) is 0 Å². The van der Waals surface area contributed by atoms with Crippen molar-refractivity contribution in [1.29, 1.82) is 0 Å². The van der Waals surface area contributed by atoms with E-state index in [1.54, 1.807) is 35.2 Å². The normalized spacial score (nSPS) is 14.1. The Bertz CT molecular complexity index is 892. The number of methoxy groups -OCH3 is 2. The van der Waals surface area contributed by atoms with Gasteiger partial charge in [-0.2, -0.15) is 4.98 Å². The van der Waals surface area contributed by atoms with Gasteiger partial charge in [0.05, 0.1) is 19.4 Å². The Balaban J connectivity index is 1.77. The molecule has 1 aliphatic heterocycles. The number of carbonyl (C=O) groups excluding carboxylic acids is 2. The zero-order chi connectivity index (χ0) is 20.8. The molecule has 154 valence electrons. The maximum Gasteiger partial charge on any atom is 0.267 e. The van der Waals surface area contributed by atoms with Gasteiger partial charge in [-0.25, -0.2) is 9.97 Å². The highest BCUT2D eigenvalue weighted by molar-refractivity contribution is 5.97. The van der Waals surface area contributed by atoms with Gasteiger partial charge in [0.2, 0.25) is 17.7 Å². The molecule has 29 heavy (non-hydrogen) atoms. The summed E-state index contributed by atoms with van der Waals surface area (Å²) in [6.07, 6.45) is 1.59. The van der Waals surface area contributed by atoms with Crippen molar-refractivity contribution in [3.63, 3.8) is 0 Å². The third kappa shape index (κ3) is 4.88. The molecule has 11 nitrogen and oxygen atoms in total. The Morgan fingerprint density at radius 1 is 1.28 bits per heavy atom. The number of aromatic nitrogens is 3. The number of piperazine rings is 1.